The normalized spacial score (nSPS) is 15.6. The molecule has 140 valence electrons. The van der Waals surface area contributed by atoms with Crippen molar-refractivity contribution in [2.75, 3.05) is 26.2 Å². The Morgan fingerprint density at radius 1 is 1.42 bits per heavy atom. The van der Waals surface area contributed by atoms with Gasteiger partial charge < -0.3 is 14.4 Å². The van der Waals surface area contributed by atoms with E-state index in [1.54, 1.807) is 12.3 Å². The Hall–Kier alpha value is -2.19. The van der Waals surface area contributed by atoms with Crippen LogP contribution in [-0.2, 0) is 4.79 Å². The Labute approximate surface area is 156 Å². The van der Waals surface area contributed by atoms with Crippen LogP contribution in [0, 0.1) is 6.92 Å². The van der Waals surface area contributed by atoms with E-state index in [0.29, 0.717) is 36.1 Å². The van der Waals surface area contributed by atoms with E-state index in [2.05, 4.69) is 4.98 Å². The fourth-order valence-corrected chi connectivity index (χ4v) is 4.23. The standard InChI is InChI=1S/C18H23N3O4S/c1-3-20(11-15(22)23)13-6-8-21(9-7-13)18(24)16-12(2)26-17(19-16)14-5-4-10-25-14/h4-5,10,13H,3,6-9,11H2,1-2H3,(H,22,23). The zero-order chi connectivity index (χ0) is 18.7. The number of likely N-dealkylation sites (tertiary alicyclic amines) is 1. The number of aryl methyl sites for hydroxylation is 1. The first kappa shape index (κ1) is 18.6. The summed E-state index contributed by atoms with van der Waals surface area (Å²) in [5.74, 6) is -0.201. The smallest absolute Gasteiger partial charge is 0.317 e. The Kier molecular flexibility index (Phi) is 5.73. The molecule has 1 fully saturated rings. The summed E-state index contributed by atoms with van der Waals surface area (Å²) >= 11 is 1.45. The molecule has 0 atom stereocenters. The SMILES string of the molecule is CCN(CC(=O)O)C1CCN(C(=O)c2nc(-c3ccco3)sc2C)CC1. The quantitative estimate of drug-likeness (QED) is 0.833. The van der Waals surface area contributed by atoms with Crippen molar-refractivity contribution >= 4 is 23.2 Å². The van der Waals surface area contributed by atoms with Crippen molar-refractivity contribution < 1.29 is 19.1 Å². The molecule has 0 unspecified atom stereocenters. The number of hydrogen-bond acceptors (Lipinski definition) is 6. The summed E-state index contributed by atoms with van der Waals surface area (Å²) in [6.45, 7) is 5.85. The first-order chi connectivity index (χ1) is 12.5. The molecular weight excluding hydrogens is 354 g/mol. The summed E-state index contributed by atoms with van der Waals surface area (Å²) in [7, 11) is 0. The maximum atomic E-state index is 12.9. The number of nitrogens with zero attached hydrogens (tertiary/aromatic N) is 3. The van der Waals surface area contributed by atoms with Crippen LogP contribution in [0.1, 0.15) is 35.1 Å². The van der Waals surface area contributed by atoms with Gasteiger partial charge in [0.15, 0.2) is 10.8 Å². The van der Waals surface area contributed by atoms with Gasteiger partial charge in [0.25, 0.3) is 5.91 Å². The van der Waals surface area contributed by atoms with E-state index in [1.165, 1.54) is 11.3 Å². The molecule has 1 N–H and O–H groups in total. The lowest BCUT2D eigenvalue weighted by atomic mass is 10.0. The van der Waals surface area contributed by atoms with Crippen LogP contribution in [0.15, 0.2) is 22.8 Å². The van der Waals surface area contributed by atoms with E-state index in [4.69, 9.17) is 9.52 Å². The number of hydrogen-bond donors (Lipinski definition) is 1. The molecule has 2 aromatic heterocycles. The molecule has 26 heavy (non-hydrogen) atoms. The van der Waals surface area contributed by atoms with E-state index in [9.17, 15) is 9.59 Å². The molecule has 1 amide bonds. The monoisotopic (exact) mass is 377 g/mol. The number of rotatable bonds is 6. The Morgan fingerprint density at radius 2 is 2.15 bits per heavy atom. The van der Waals surface area contributed by atoms with Crippen LogP contribution >= 0.6 is 11.3 Å². The molecule has 2 aromatic rings. The molecule has 1 saturated heterocycles. The third-order valence-corrected chi connectivity index (χ3v) is 5.73. The number of amides is 1. The molecule has 1 aliphatic rings. The number of likely N-dealkylation sites (N-methyl/N-ethyl adjacent to an activating group) is 1. The first-order valence-corrected chi connectivity index (χ1v) is 9.57. The van der Waals surface area contributed by atoms with Crippen LogP contribution in [0.25, 0.3) is 10.8 Å². The van der Waals surface area contributed by atoms with Crippen molar-refractivity contribution in [3.63, 3.8) is 0 Å². The second-order valence-corrected chi connectivity index (χ2v) is 7.58. The number of carboxylic acids is 1. The van der Waals surface area contributed by atoms with Gasteiger partial charge in [-0.1, -0.05) is 6.92 Å². The Bertz CT molecular complexity index is 764. The van der Waals surface area contributed by atoms with Crippen LogP contribution in [0.5, 0.6) is 0 Å². The fourth-order valence-electron chi connectivity index (χ4n) is 3.36. The number of furan rings is 1. The summed E-state index contributed by atoms with van der Waals surface area (Å²) in [6, 6.07) is 3.84. The molecule has 0 saturated carbocycles. The Morgan fingerprint density at radius 3 is 2.73 bits per heavy atom. The highest BCUT2D eigenvalue weighted by molar-refractivity contribution is 7.15. The predicted octanol–water partition coefficient (Wildman–Crippen LogP) is 2.72. The van der Waals surface area contributed by atoms with Crippen molar-refractivity contribution in [2.45, 2.75) is 32.7 Å². The van der Waals surface area contributed by atoms with Crippen molar-refractivity contribution in [1.82, 2.24) is 14.8 Å². The largest absolute Gasteiger partial charge is 0.480 e. The van der Waals surface area contributed by atoms with Crippen LogP contribution in [0.2, 0.25) is 0 Å². The summed E-state index contributed by atoms with van der Waals surface area (Å²) in [6.07, 6.45) is 3.15. The van der Waals surface area contributed by atoms with Gasteiger partial charge in [-0.15, -0.1) is 11.3 Å². The highest BCUT2D eigenvalue weighted by atomic mass is 32.1. The van der Waals surface area contributed by atoms with E-state index >= 15 is 0 Å². The van der Waals surface area contributed by atoms with Crippen LogP contribution < -0.4 is 0 Å². The van der Waals surface area contributed by atoms with E-state index in [-0.39, 0.29) is 18.5 Å². The van der Waals surface area contributed by atoms with Crippen molar-refractivity contribution in [3.05, 3.63) is 29.0 Å². The molecule has 0 radical (unpaired) electrons. The van der Waals surface area contributed by atoms with Gasteiger partial charge in [-0.2, -0.15) is 0 Å². The zero-order valence-corrected chi connectivity index (χ0v) is 15.8. The minimum Gasteiger partial charge on any atom is -0.480 e. The molecule has 1 aliphatic heterocycles. The van der Waals surface area contributed by atoms with Crippen LogP contribution in [-0.4, -0.2) is 64.0 Å². The lowest BCUT2D eigenvalue weighted by Crippen LogP contribution is -2.48. The van der Waals surface area contributed by atoms with Gasteiger partial charge in [-0.05, 0) is 38.4 Å². The third-order valence-electron chi connectivity index (χ3n) is 4.74. The molecule has 0 bridgehead atoms. The fraction of sp³-hybridized carbons (Fsp3) is 0.500. The van der Waals surface area contributed by atoms with Gasteiger partial charge in [0.2, 0.25) is 0 Å². The van der Waals surface area contributed by atoms with E-state index < -0.39 is 5.97 Å². The highest BCUT2D eigenvalue weighted by Crippen LogP contribution is 2.29. The molecule has 0 aromatic carbocycles. The number of piperidine rings is 1. The lowest BCUT2D eigenvalue weighted by molar-refractivity contribution is -0.139. The topological polar surface area (TPSA) is 86.9 Å². The minimum absolute atomic E-state index is 0.0484. The van der Waals surface area contributed by atoms with Gasteiger partial charge >= 0.3 is 5.97 Å². The number of aliphatic carboxylic acids is 1. The predicted molar refractivity (Wildman–Crippen MR) is 98.4 cm³/mol. The third kappa shape index (κ3) is 3.96. The van der Waals surface area contributed by atoms with Gasteiger partial charge in [0, 0.05) is 24.0 Å². The highest BCUT2D eigenvalue weighted by Gasteiger charge is 2.29. The zero-order valence-electron chi connectivity index (χ0n) is 15.0. The van der Waals surface area contributed by atoms with Gasteiger partial charge in [0.05, 0.1) is 12.8 Å². The number of carbonyl (C=O) groups excluding carboxylic acids is 1. The number of carboxylic acid groups (broad SMARTS) is 1. The summed E-state index contributed by atoms with van der Waals surface area (Å²) in [4.78, 5) is 33.0. The Balaban J connectivity index is 1.65. The van der Waals surface area contributed by atoms with Crippen LogP contribution in [0.4, 0.5) is 0 Å². The van der Waals surface area contributed by atoms with E-state index in [1.807, 2.05) is 29.7 Å². The summed E-state index contributed by atoms with van der Waals surface area (Å²) < 4.78 is 5.37. The molecule has 3 heterocycles. The number of thiazole rings is 1. The average Bonchev–Trinajstić information content (AvgIpc) is 3.28. The molecular formula is C18H23N3O4S. The first-order valence-electron chi connectivity index (χ1n) is 8.76. The van der Waals surface area contributed by atoms with Crippen molar-refractivity contribution in [2.24, 2.45) is 0 Å². The van der Waals surface area contributed by atoms with Crippen molar-refractivity contribution in [3.8, 4) is 10.8 Å². The maximum Gasteiger partial charge on any atom is 0.317 e. The number of carbonyl (C=O) groups is 2. The van der Waals surface area contributed by atoms with Crippen molar-refractivity contribution in [1.29, 1.82) is 0 Å². The lowest BCUT2D eigenvalue weighted by Gasteiger charge is -2.37. The maximum absolute atomic E-state index is 12.9. The van der Waals surface area contributed by atoms with Gasteiger partial charge in [0.1, 0.15) is 5.69 Å². The number of aromatic nitrogens is 1. The molecule has 7 nitrogen and oxygen atoms in total. The van der Waals surface area contributed by atoms with E-state index in [0.717, 1.165) is 17.7 Å². The average molecular weight is 377 g/mol. The summed E-state index contributed by atoms with van der Waals surface area (Å²) in [5.41, 5.74) is 0.484. The minimum atomic E-state index is -0.811. The molecule has 0 aliphatic carbocycles. The molecule has 3 rings (SSSR count). The molecule has 0 spiro atoms. The second-order valence-electron chi connectivity index (χ2n) is 6.38. The second kappa shape index (κ2) is 8.01. The van der Waals surface area contributed by atoms with Gasteiger partial charge in [-0.3, -0.25) is 14.5 Å². The van der Waals surface area contributed by atoms with Gasteiger partial charge in [-0.25, -0.2) is 4.98 Å². The molecule has 8 heteroatoms. The van der Waals surface area contributed by atoms with Crippen LogP contribution in [0.3, 0.4) is 0 Å². The summed E-state index contributed by atoms with van der Waals surface area (Å²) in [5, 5.41) is 9.74.